The van der Waals surface area contributed by atoms with E-state index in [2.05, 4.69) is 0 Å². The molecule has 0 saturated carbocycles. The van der Waals surface area contributed by atoms with Crippen LogP contribution in [0.15, 0.2) is 36.4 Å². The summed E-state index contributed by atoms with van der Waals surface area (Å²) in [5.41, 5.74) is 2.54. The summed E-state index contributed by atoms with van der Waals surface area (Å²) in [6, 6.07) is 11.1. The summed E-state index contributed by atoms with van der Waals surface area (Å²) in [6.07, 6.45) is 0.761. The van der Waals surface area contributed by atoms with E-state index in [-0.39, 0.29) is 17.6 Å². The van der Waals surface area contributed by atoms with E-state index in [0.29, 0.717) is 43.7 Å². The van der Waals surface area contributed by atoms with Crippen molar-refractivity contribution in [2.45, 2.75) is 13.0 Å². The average molecular weight is 374 g/mol. The van der Waals surface area contributed by atoms with E-state index in [0.717, 1.165) is 23.1 Å². The second-order valence-corrected chi connectivity index (χ2v) is 7.10. The van der Waals surface area contributed by atoms with Crippen LogP contribution in [0.2, 0.25) is 5.02 Å². The van der Waals surface area contributed by atoms with Crippen LogP contribution >= 0.6 is 11.6 Å². The number of rotatable bonds is 2. The van der Waals surface area contributed by atoms with Gasteiger partial charge in [-0.05, 0) is 41.8 Å². The lowest BCUT2D eigenvalue weighted by molar-refractivity contribution is -0.136. The number of hydrogen-bond acceptors (Lipinski definition) is 4. The third kappa shape index (κ3) is 3.37. The van der Waals surface area contributed by atoms with Gasteiger partial charge < -0.3 is 19.5 Å². The van der Waals surface area contributed by atoms with Gasteiger partial charge in [0.2, 0.25) is 5.91 Å². The molecule has 0 radical (unpaired) electrons. The highest BCUT2D eigenvalue weighted by atomic mass is 35.5. The van der Waals surface area contributed by atoms with Gasteiger partial charge in [0, 0.05) is 23.7 Å². The quantitative estimate of drug-likeness (QED) is 0.875. The Balaban J connectivity index is 1.66. The summed E-state index contributed by atoms with van der Waals surface area (Å²) in [5.74, 6) is 0.539. The maximum atomic E-state index is 12.8. The Hall–Kier alpha value is -2.24. The summed E-state index contributed by atoms with van der Waals surface area (Å²) < 4.78 is 11.1. The van der Waals surface area contributed by atoms with Crippen LogP contribution in [-0.2, 0) is 16.1 Å². The second kappa shape index (κ2) is 7.17. The zero-order chi connectivity index (χ0) is 18.1. The molecule has 2 heterocycles. The van der Waals surface area contributed by atoms with Crippen LogP contribution in [0.4, 0.5) is 0 Å². The van der Waals surface area contributed by atoms with Crippen LogP contribution in [0.5, 0.6) is 11.5 Å². The lowest BCUT2D eigenvalue weighted by atomic mass is 10.0. The van der Waals surface area contributed by atoms with Crippen LogP contribution in [0.3, 0.4) is 0 Å². The standard InChI is InChI=1S/C20H20ClNO4/c21-17-3-1-2-13(9-17)15-8-16-11-22(20(24)14-4-6-25-12-14)5-7-26-19(16)18(23)10-15/h1-3,8-10,14,23H,4-7,11-12H2/t14-/m0/s1. The zero-order valence-electron chi connectivity index (χ0n) is 14.3. The number of fused-ring (bicyclic) bond motifs is 1. The Kier molecular flexibility index (Phi) is 4.74. The predicted molar refractivity (Wildman–Crippen MR) is 98.4 cm³/mol. The molecule has 2 aromatic carbocycles. The van der Waals surface area contributed by atoms with Crippen molar-refractivity contribution in [3.8, 4) is 22.6 Å². The molecule has 0 spiro atoms. The molecule has 0 unspecified atom stereocenters. The number of hydrogen-bond donors (Lipinski definition) is 1. The Morgan fingerprint density at radius 2 is 2.08 bits per heavy atom. The number of phenols is 1. The molecule has 26 heavy (non-hydrogen) atoms. The smallest absolute Gasteiger partial charge is 0.228 e. The van der Waals surface area contributed by atoms with Gasteiger partial charge in [-0.1, -0.05) is 23.7 Å². The minimum Gasteiger partial charge on any atom is -0.504 e. The molecule has 1 amide bonds. The number of benzene rings is 2. The van der Waals surface area contributed by atoms with Crippen molar-refractivity contribution in [2.75, 3.05) is 26.4 Å². The largest absolute Gasteiger partial charge is 0.504 e. The molecule has 4 rings (SSSR count). The van der Waals surface area contributed by atoms with Gasteiger partial charge in [-0.2, -0.15) is 0 Å². The van der Waals surface area contributed by atoms with Crippen LogP contribution in [0.25, 0.3) is 11.1 Å². The number of carbonyl (C=O) groups is 1. The molecule has 2 aliphatic heterocycles. The first-order valence-corrected chi connectivity index (χ1v) is 9.11. The van der Waals surface area contributed by atoms with Crippen LogP contribution in [0, 0.1) is 5.92 Å². The summed E-state index contributed by atoms with van der Waals surface area (Å²) in [5, 5.41) is 11.1. The molecule has 0 aliphatic carbocycles. The van der Waals surface area contributed by atoms with Crippen molar-refractivity contribution >= 4 is 17.5 Å². The van der Waals surface area contributed by atoms with Gasteiger partial charge in [0.25, 0.3) is 0 Å². The molecule has 0 aromatic heterocycles. The molecule has 2 aliphatic rings. The normalized spacial score (nSPS) is 19.6. The Morgan fingerprint density at radius 1 is 1.19 bits per heavy atom. The fourth-order valence-electron chi connectivity index (χ4n) is 3.51. The topological polar surface area (TPSA) is 59.0 Å². The first-order valence-electron chi connectivity index (χ1n) is 8.73. The number of carbonyl (C=O) groups excluding carboxylic acids is 1. The number of halogens is 1. The van der Waals surface area contributed by atoms with Gasteiger partial charge in [-0.25, -0.2) is 0 Å². The monoisotopic (exact) mass is 373 g/mol. The van der Waals surface area contributed by atoms with Crippen molar-refractivity contribution in [3.63, 3.8) is 0 Å². The number of ether oxygens (including phenoxy) is 2. The maximum Gasteiger partial charge on any atom is 0.228 e. The first-order chi connectivity index (χ1) is 12.6. The zero-order valence-corrected chi connectivity index (χ0v) is 15.0. The molecule has 1 N–H and O–H groups in total. The van der Waals surface area contributed by atoms with E-state index >= 15 is 0 Å². The molecular formula is C20H20ClNO4. The summed E-state index contributed by atoms with van der Waals surface area (Å²) >= 11 is 6.09. The van der Waals surface area contributed by atoms with Crippen molar-refractivity contribution in [1.29, 1.82) is 0 Å². The highest BCUT2D eigenvalue weighted by molar-refractivity contribution is 6.30. The molecule has 2 aromatic rings. The molecule has 6 heteroatoms. The lowest BCUT2D eigenvalue weighted by Crippen LogP contribution is -2.37. The van der Waals surface area contributed by atoms with Crippen molar-refractivity contribution in [3.05, 3.63) is 47.0 Å². The highest BCUT2D eigenvalue weighted by Gasteiger charge is 2.30. The van der Waals surface area contributed by atoms with E-state index < -0.39 is 0 Å². The van der Waals surface area contributed by atoms with Gasteiger partial charge in [-0.3, -0.25) is 4.79 Å². The third-order valence-corrected chi connectivity index (χ3v) is 5.10. The Bertz CT molecular complexity index is 833. The van der Waals surface area contributed by atoms with Gasteiger partial charge in [0.1, 0.15) is 6.61 Å². The van der Waals surface area contributed by atoms with Gasteiger partial charge in [0.15, 0.2) is 11.5 Å². The van der Waals surface area contributed by atoms with E-state index in [9.17, 15) is 9.90 Å². The highest BCUT2D eigenvalue weighted by Crippen LogP contribution is 2.38. The molecule has 5 nitrogen and oxygen atoms in total. The minimum absolute atomic E-state index is 0.0796. The van der Waals surface area contributed by atoms with Crippen molar-refractivity contribution < 1.29 is 19.4 Å². The minimum atomic E-state index is -0.0822. The molecule has 1 atom stereocenters. The van der Waals surface area contributed by atoms with Gasteiger partial charge >= 0.3 is 0 Å². The van der Waals surface area contributed by atoms with Crippen LogP contribution < -0.4 is 4.74 Å². The van der Waals surface area contributed by atoms with Gasteiger partial charge in [0.05, 0.1) is 19.1 Å². The second-order valence-electron chi connectivity index (χ2n) is 6.66. The summed E-state index contributed by atoms with van der Waals surface area (Å²) in [6.45, 7) is 2.38. The molecule has 1 saturated heterocycles. The number of amides is 1. The van der Waals surface area contributed by atoms with Gasteiger partial charge in [-0.15, -0.1) is 0 Å². The molecular weight excluding hydrogens is 354 g/mol. The lowest BCUT2D eigenvalue weighted by Gasteiger charge is -2.23. The van der Waals surface area contributed by atoms with E-state index in [4.69, 9.17) is 21.1 Å². The van der Waals surface area contributed by atoms with Crippen molar-refractivity contribution in [1.82, 2.24) is 4.90 Å². The van der Waals surface area contributed by atoms with Crippen LogP contribution in [-0.4, -0.2) is 42.3 Å². The maximum absolute atomic E-state index is 12.8. The van der Waals surface area contributed by atoms with E-state index in [1.807, 2.05) is 30.3 Å². The Labute approximate surface area is 157 Å². The fourth-order valence-corrected chi connectivity index (χ4v) is 3.70. The molecule has 1 fully saturated rings. The number of aromatic hydroxyl groups is 1. The van der Waals surface area contributed by atoms with Crippen molar-refractivity contribution in [2.24, 2.45) is 5.92 Å². The van der Waals surface area contributed by atoms with E-state index in [1.54, 1.807) is 11.0 Å². The average Bonchev–Trinajstić information content (AvgIpc) is 3.08. The Morgan fingerprint density at radius 3 is 2.85 bits per heavy atom. The first kappa shape index (κ1) is 17.2. The fraction of sp³-hybridized carbons (Fsp3) is 0.350. The number of phenolic OH excluding ortho intramolecular Hbond substituents is 1. The molecule has 136 valence electrons. The third-order valence-electron chi connectivity index (χ3n) is 4.86. The SMILES string of the molecule is O=C([C@H]1CCOC1)N1CCOc2c(O)cc(-c3cccc(Cl)c3)cc2C1. The summed E-state index contributed by atoms with van der Waals surface area (Å²) in [4.78, 5) is 14.6. The predicted octanol–water partition coefficient (Wildman–Crippen LogP) is 3.47. The number of nitrogens with zero attached hydrogens (tertiary/aromatic N) is 1. The summed E-state index contributed by atoms with van der Waals surface area (Å²) in [7, 11) is 0. The van der Waals surface area contributed by atoms with Crippen LogP contribution in [0.1, 0.15) is 12.0 Å². The molecule has 0 bridgehead atoms. The van der Waals surface area contributed by atoms with E-state index in [1.165, 1.54) is 0 Å².